The van der Waals surface area contributed by atoms with Crippen LogP contribution < -0.4 is 5.32 Å². The van der Waals surface area contributed by atoms with Gasteiger partial charge < -0.3 is 5.32 Å². The summed E-state index contributed by atoms with van der Waals surface area (Å²) in [6, 6.07) is 8.10. The predicted octanol–water partition coefficient (Wildman–Crippen LogP) is 3.55. The maximum atomic E-state index is 13.8. The summed E-state index contributed by atoms with van der Waals surface area (Å²) in [5.41, 5.74) is -0.967. The lowest BCUT2D eigenvalue weighted by atomic mass is 10.1. The minimum absolute atomic E-state index is 0.0560. The normalized spacial score (nSPS) is 11.5. The highest BCUT2D eigenvalue weighted by Gasteiger charge is 2.31. The lowest BCUT2D eigenvalue weighted by Crippen LogP contribution is -2.24. The molecule has 0 unspecified atom stereocenters. The molecule has 0 aliphatic carbocycles. The average Bonchev–Trinajstić information content (AvgIpc) is 3.10. The van der Waals surface area contributed by atoms with E-state index in [-0.39, 0.29) is 24.3 Å². The molecule has 1 N–H and O–H groups in total. The largest absolute Gasteiger partial charge is 0.416 e. The van der Waals surface area contributed by atoms with E-state index in [0.717, 1.165) is 12.1 Å². The van der Waals surface area contributed by atoms with E-state index < -0.39 is 29.3 Å². The molecule has 0 atom stereocenters. The van der Waals surface area contributed by atoms with E-state index >= 15 is 0 Å². The second-order valence-electron chi connectivity index (χ2n) is 5.88. The molecule has 3 aromatic rings. The molecule has 1 heterocycles. The number of nitrogens with one attached hydrogen (secondary N) is 1. The van der Waals surface area contributed by atoms with Crippen LogP contribution >= 0.6 is 0 Å². The van der Waals surface area contributed by atoms with Gasteiger partial charge in [-0.3, -0.25) is 4.79 Å². The fraction of sp³-hybridized carbons (Fsp3) is 0.167. The highest BCUT2D eigenvalue weighted by atomic mass is 19.4. The monoisotopic (exact) mass is 396 g/mol. The fourth-order valence-electron chi connectivity index (χ4n) is 2.41. The van der Waals surface area contributed by atoms with Gasteiger partial charge in [-0.15, -0.1) is 5.10 Å². The molecule has 0 aliphatic heterocycles. The summed E-state index contributed by atoms with van der Waals surface area (Å²) in [5, 5.41) is 9.74. The SMILES string of the molecule is O=C(NCc1ccc(C(F)(F)F)cc1F)c1cn(Cc2ccccc2F)nn1. The Labute approximate surface area is 155 Å². The van der Waals surface area contributed by atoms with Gasteiger partial charge in [0.1, 0.15) is 11.6 Å². The minimum Gasteiger partial charge on any atom is -0.346 e. The Morgan fingerprint density at radius 3 is 2.46 bits per heavy atom. The number of carbonyl (C=O) groups excluding carboxylic acids is 1. The Kier molecular flexibility index (Phi) is 5.39. The van der Waals surface area contributed by atoms with Crippen LogP contribution in [0, 0.1) is 11.6 Å². The van der Waals surface area contributed by atoms with Gasteiger partial charge in [-0.25, -0.2) is 13.5 Å². The number of hydrogen-bond acceptors (Lipinski definition) is 3. The Morgan fingerprint density at radius 2 is 1.79 bits per heavy atom. The van der Waals surface area contributed by atoms with Gasteiger partial charge in [-0.05, 0) is 18.2 Å². The van der Waals surface area contributed by atoms with Crippen molar-refractivity contribution in [2.24, 2.45) is 0 Å². The summed E-state index contributed by atoms with van der Waals surface area (Å²) < 4.78 is 66.3. The fourth-order valence-corrected chi connectivity index (χ4v) is 2.41. The second-order valence-corrected chi connectivity index (χ2v) is 5.88. The molecule has 28 heavy (non-hydrogen) atoms. The van der Waals surface area contributed by atoms with Crippen LogP contribution in [0.15, 0.2) is 48.7 Å². The van der Waals surface area contributed by atoms with Crippen LogP contribution in [0.25, 0.3) is 0 Å². The Balaban J connectivity index is 1.63. The van der Waals surface area contributed by atoms with E-state index in [9.17, 15) is 26.7 Å². The minimum atomic E-state index is -4.65. The molecule has 146 valence electrons. The van der Waals surface area contributed by atoms with E-state index in [4.69, 9.17) is 0 Å². The van der Waals surface area contributed by atoms with Crippen molar-refractivity contribution in [1.82, 2.24) is 20.3 Å². The van der Waals surface area contributed by atoms with E-state index in [1.54, 1.807) is 18.2 Å². The number of carbonyl (C=O) groups is 1. The van der Waals surface area contributed by atoms with Crippen molar-refractivity contribution in [1.29, 1.82) is 0 Å². The van der Waals surface area contributed by atoms with Crippen molar-refractivity contribution in [3.8, 4) is 0 Å². The van der Waals surface area contributed by atoms with Crippen molar-refractivity contribution in [3.05, 3.63) is 82.7 Å². The first-order chi connectivity index (χ1) is 13.2. The number of amides is 1. The van der Waals surface area contributed by atoms with Gasteiger partial charge in [0, 0.05) is 17.7 Å². The zero-order valence-electron chi connectivity index (χ0n) is 14.2. The lowest BCUT2D eigenvalue weighted by Gasteiger charge is -2.09. The number of halogens is 5. The van der Waals surface area contributed by atoms with Crippen LogP contribution in [0.2, 0.25) is 0 Å². The summed E-state index contributed by atoms with van der Waals surface area (Å²) in [4.78, 5) is 12.1. The number of alkyl halides is 3. The van der Waals surface area contributed by atoms with Gasteiger partial charge in [-0.2, -0.15) is 13.2 Å². The molecule has 1 amide bonds. The molecule has 1 aromatic heterocycles. The first kappa shape index (κ1) is 19.5. The van der Waals surface area contributed by atoms with E-state index in [0.29, 0.717) is 11.6 Å². The number of rotatable bonds is 5. The maximum Gasteiger partial charge on any atom is 0.416 e. The van der Waals surface area contributed by atoms with Crippen molar-refractivity contribution in [2.45, 2.75) is 19.3 Å². The molecule has 5 nitrogen and oxygen atoms in total. The molecule has 0 saturated heterocycles. The molecule has 10 heteroatoms. The van der Waals surface area contributed by atoms with E-state index in [1.165, 1.54) is 16.9 Å². The lowest BCUT2D eigenvalue weighted by molar-refractivity contribution is -0.137. The number of hydrogen-bond donors (Lipinski definition) is 1. The van der Waals surface area contributed by atoms with Crippen LogP contribution in [0.1, 0.15) is 27.2 Å². The van der Waals surface area contributed by atoms with Crippen LogP contribution in [0.5, 0.6) is 0 Å². The number of nitrogens with zero attached hydrogens (tertiary/aromatic N) is 3. The first-order valence-electron chi connectivity index (χ1n) is 8.01. The number of benzene rings is 2. The van der Waals surface area contributed by atoms with Gasteiger partial charge in [0.15, 0.2) is 5.69 Å². The van der Waals surface area contributed by atoms with Crippen LogP contribution in [0.3, 0.4) is 0 Å². The van der Waals surface area contributed by atoms with Crippen molar-refractivity contribution >= 4 is 5.91 Å². The Hall–Kier alpha value is -3.30. The Morgan fingerprint density at radius 1 is 1.04 bits per heavy atom. The molecular formula is C18H13F5N4O. The van der Waals surface area contributed by atoms with Crippen molar-refractivity contribution in [2.75, 3.05) is 0 Å². The third-order valence-electron chi connectivity index (χ3n) is 3.88. The summed E-state index contributed by atoms with van der Waals surface area (Å²) in [6.07, 6.45) is -3.37. The summed E-state index contributed by atoms with van der Waals surface area (Å²) in [6.45, 7) is -0.274. The van der Waals surface area contributed by atoms with E-state index in [1.807, 2.05) is 0 Å². The molecule has 0 radical (unpaired) electrons. The molecule has 3 rings (SSSR count). The zero-order chi connectivity index (χ0) is 20.3. The molecule has 0 bridgehead atoms. The standard InChI is InChI=1S/C18H13F5N4O/c19-14-4-2-1-3-12(14)9-27-10-16(25-26-27)17(28)24-8-11-5-6-13(7-15(11)20)18(21,22)23/h1-7,10H,8-9H2,(H,24,28). The molecule has 0 saturated carbocycles. The number of aromatic nitrogens is 3. The van der Waals surface area contributed by atoms with Crippen molar-refractivity contribution in [3.63, 3.8) is 0 Å². The maximum absolute atomic E-state index is 13.8. The van der Waals surface area contributed by atoms with Crippen LogP contribution in [0.4, 0.5) is 22.0 Å². The average molecular weight is 396 g/mol. The molecule has 0 fully saturated rings. The van der Waals surface area contributed by atoms with Crippen molar-refractivity contribution < 1.29 is 26.7 Å². The van der Waals surface area contributed by atoms with Gasteiger partial charge >= 0.3 is 6.18 Å². The smallest absolute Gasteiger partial charge is 0.346 e. The van der Waals surface area contributed by atoms with Crippen LogP contribution in [-0.4, -0.2) is 20.9 Å². The molecular weight excluding hydrogens is 383 g/mol. The third-order valence-corrected chi connectivity index (χ3v) is 3.88. The summed E-state index contributed by atoms with van der Waals surface area (Å²) in [7, 11) is 0. The highest BCUT2D eigenvalue weighted by Crippen LogP contribution is 2.30. The molecule has 0 spiro atoms. The topological polar surface area (TPSA) is 59.8 Å². The first-order valence-corrected chi connectivity index (χ1v) is 8.01. The second kappa shape index (κ2) is 7.75. The quantitative estimate of drug-likeness (QED) is 0.671. The zero-order valence-corrected chi connectivity index (χ0v) is 14.2. The van der Waals surface area contributed by atoms with Gasteiger partial charge in [-0.1, -0.05) is 29.5 Å². The Bertz CT molecular complexity index is 1000. The van der Waals surface area contributed by atoms with Gasteiger partial charge in [0.05, 0.1) is 18.3 Å². The summed E-state index contributed by atoms with van der Waals surface area (Å²) in [5.74, 6) is -2.21. The third kappa shape index (κ3) is 4.51. The predicted molar refractivity (Wildman–Crippen MR) is 88.1 cm³/mol. The molecule has 0 aliphatic rings. The van der Waals surface area contributed by atoms with Gasteiger partial charge in [0.2, 0.25) is 0 Å². The summed E-state index contributed by atoms with van der Waals surface area (Å²) >= 11 is 0. The highest BCUT2D eigenvalue weighted by molar-refractivity contribution is 5.91. The van der Waals surface area contributed by atoms with E-state index in [2.05, 4.69) is 15.6 Å². The van der Waals surface area contributed by atoms with Gasteiger partial charge in [0.25, 0.3) is 5.91 Å². The van der Waals surface area contributed by atoms with Crippen LogP contribution in [-0.2, 0) is 19.3 Å². The molecule has 2 aromatic carbocycles.